The van der Waals surface area contributed by atoms with Gasteiger partial charge in [-0.05, 0) is 38.1 Å². The lowest BCUT2D eigenvalue weighted by Crippen LogP contribution is -2.40. The number of nitrogens with one attached hydrogen (secondary N) is 1. The molecule has 4 rings (SSSR count). The minimum atomic E-state index is -3.62. The van der Waals surface area contributed by atoms with Crippen LogP contribution in [0.5, 0.6) is 17.5 Å². The van der Waals surface area contributed by atoms with Crippen molar-refractivity contribution in [3.8, 4) is 17.5 Å². The highest BCUT2D eigenvalue weighted by atomic mass is 32.2. The Bertz CT molecular complexity index is 1280. The second-order valence-electron chi connectivity index (χ2n) is 8.12. The second-order valence-corrected chi connectivity index (χ2v) is 10.1. The fourth-order valence-electron chi connectivity index (χ4n) is 3.37. The lowest BCUT2D eigenvalue weighted by atomic mass is 10.2. The minimum Gasteiger partial charge on any atom is -0.475 e. The summed E-state index contributed by atoms with van der Waals surface area (Å²) in [5.41, 5.74) is 0.266. The van der Waals surface area contributed by atoms with E-state index in [9.17, 15) is 13.2 Å². The van der Waals surface area contributed by atoms with E-state index in [1.165, 1.54) is 28.6 Å². The van der Waals surface area contributed by atoms with Crippen molar-refractivity contribution in [1.82, 2.24) is 19.1 Å². The first kappa shape index (κ1) is 24.6. The topological polar surface area (TPSA) is 125 Å². The molecule has 1 aromatic carbocycles. The molecule has 0 radical (unpaired) electrons. The zero-order chi connectivity index (χ0) is 25.0. The van der Waals surface area contributed by atoms with E-state index >= 15 is 0 Å². The molecule has 1 amide bonds. The molecule has 0 atom stereocenters. The monoisotopic (exact) mass is 501 g/mol. The van der Waals surface area contributed by atoms with Gasteiger partial charge in [-0.3, -0.25) is 9.48 Å². The maximum absolute atomic E-state index is 12.8. The van der Waals surface area contributed by atoms with Gasteiger partial charge in [0.05, 0.1) is 29.8 Å². The maximum Gasteiger partial charge on any atom is 0.257 e. The summed E-state index contributed by atoms with van der Waals surface area (Å²) >= 11 is 0. The van der Waals surface area contributed by atoms with Gasteiger partial charge in [0.15, 0.2) is 5.82 Å². The van der Waals surface area contributed by atoms with Crippen LogP contribution in [0.2, 0.25) is 0 Å². The molecule has 1 aliphatic rings. The van der Waals surface area contributed by atoms with Crippen LogP contribution in [0.3, 0.4) is 0 Å². The maximum atomic E-state index is 12.8. The fraction of sp³-hybridized carbons (Fsp3) is 0.348. The molecular weight excluding hydrogens is 474 g/mol. The van der Waals surface area contributed by atoms with Gasteiger partial charge in [0.25, 0.3) is 5.91 Å². The van der Waals surface area contributed by atoms with Crippen LogP contribution in [0.25, 0.3) is 0 Å². The Kier molecular flexibility index (Phi) is 7.34. The molecule has 3 aromatic rings. The first-order valence-corrected chi connectivity index (χ1v) is 12.5. The third-order valence-corrected chi connectivity index (χ3v) is 6.92. The number of morpholine rings is 1. The molecule has 1 aliphatic heterocycles. The van der Waals surface area contributed by atoms with Crippen LogP contribution in [-0.4, -0.2) is 65.8 Å². The number of amides is 1. The molecule has 1 fully saturated rings. The highest BCUT2D eigenvalue weighted by molar-refractivity contribution is 7.89. The summed E-state index contributed by atoms with van der Waals surface area (Å²) < 4.78 is 45.4. The molecular formula is C23H27N5O6S. The molecule has 0 bridgehead atoms. The van der Waals surface area contributed by atoms with E-state index in [0.29, 0.717) is 37.9 Å². The van der Waals surface area contributed by atoms with Crippen LogP contribution < -0.4 is 14.8 Å². The number of hydrogen-bond donors (Lipinski definition) is 1. The molecule has 3 heterocycles. The standard InChI is InChI=1S/C23H27N5O6S/c1-16(2)33-21-14-17(23(29)24-20-8-9-27(3)26-20)15-22(25-21)34-18-4-6-19(7-5-18)35(30,31)28-10-12-32-13-11-28/h4-9,14-16H,10-13H2,1-3H3,(H,24,26,29). The van der Waals surface area contributed by atoms with Crippen LogP contribution in [-0.2, 0) is 21.8 Å². The van der Waals surface area contributed by atoms with Gasteiger partial charge >= 0.3 is 0 Å². The van der Waals surface area contributed by atoms with Gasteiger partial charge in [-0.15, -0.1) is 0 Å². The van der Waals surface area contributed by atoms with E-state index in [1.807, 2.05) is 13.8 Å². The van der Waals surface area contributed by atoms with E-state index < -0.39 is 15.9 Å². The van der Waals surface area contributed by atoms with Crippen molar-refractivity contribution in [1.29, 1.82) is 0 Å². The number of nitrogens with zero attached hydrogens (tertiary/aromatic N) is 4. The van der Waals surface area contributed by atoms with Gasteiger partial charge in [-0.1, -0.05) is 0 Å². The molecule has 2 aromatic heterocycles. The van der Waals surface area contributed by atoms with Crippen molar-refractivity contribution >= 4 is 21.7 Å². The van der Waals surface area contributed by atoms with E-state index in [0.717, 1.165) is 0 Å². The molecule has 186 valence electrons. The SMILES string of the molecule is CC(C)Oc1cc(C(=O)Nc2ccn(C)n2)cc(Oc2ccc(S(=O)(=O)N3CCOCC3)cc2)n1. The predicted molar refractivity (Wildman–Crippen MR) is 127 cm³/mol. The number of ether oxygens (including phenoxy) is 3. The highest BCUT2D eigenvalue weighted by Crippen LogP contribution is 2.27. The lowest BCUT2D eigenvalue weighted by Gasteiger charge is -2.26. The van der Waals surface area contributed by atoms with E-state index in [2.05, 4.69) is 15.4 Å². The van der Waals surface area contributed by atoms with Crippen molar-refractivity contribution in [3.63, 3.8) is 0 Å². The van der Waals surface area contributed by atoms with E-state index in [4.69, 9.17) is 14.2 Å². The third-order valence-electron chi connectivity index (χ3n) is 5.01. The van der Waals surface area contributed by atoms with Crippen molar-refractivity contribution < 1.29 is 27.4 Å². The average Bonchev–Trinajstić information content (AvgIpc) is 3.23. The van der Waals surface area contributed by atoms with E-state index in [1.54, 1.807) is 36.1 Å². The van der Waals surface area contributed by atoms with Gasteiger partial charge in [-0.2, -0.15) is 14.4 Å². The molecule has 0 saturated carbocycles. The summed E-state index contributed by atoms with van der Waals surface area (Å²) in [4.78, 5) is 17.3. The average molecular weight is 502 g/mol. The largest absolute Gasteiger partial charge is 0.475 e. The van der Waals surface area contributed by atoms with Gasteiger partial charge < -0.3 is 19.5 Å². The molecule has 35 heavy (non-hydrogen) atoms. The normalized spacial score (nSPS) is 14.6. The smallest absolute Gasteiger partial charge is 0.257 e. The molecule has 11 nitrogen and oxygen atoms in total. The van der Waals surface area contributed by atoms with Crippen LogP contribution in [0.4, 0.5) is 5.82 Å². The second kappa shape index (κ2) is 10.4. The molecule has 12 heteroatoms. The Hall–Kier alpha value is -3.48. The van der Waals surface area contributed by atoms with Gasteiger partial charge in [0.1, 0.15) is 5.75 Å². The molecule has 0 spiro atoms. The van der Waals surface area contributed by atoms with E-state index in [-0.39, 0.29) is 28.3 Å². The summed E-state index contributed by atoms with van der Waals surface area (Å²) in [5, 5.41) is 6.86. The van der Waals surface area contributed by atoms with Crippen molar-refractivity contribution in [2.45, 2.75) is 24.8 Å². The summed E-state index contributed by atoms with van der Waals surface area (Å²) in [5.74, 6) is 0.696. The number of carbonyl (C=O) groups is 1. The Morgan fingerprint density at radius 2 is 1.77 bits per heavy atom. The predicted octanol–water partition coefficient (Wildman–Crippen LogP) is 2.67. The Morgan fingerprint density at radius 3 is 2.40 bits per heavy atom. The molecule has 0 unspecified atom stereocenters. The first-order valence-electron chi connectivity index (χ1n) is 11.1. The number of aryl methyl sites for hydroxylation is 1. The van der Waals surface area contributed by atoms with Crippen LogP contribution >= 0.6 is 0 Å². The zero-order valence-electron chi connectivity index (χ0n) is 19.7. The number of carbonyl (C=O) groups excluding carboxylic acids is 1. The van der Waals surface area contributed by atoms with Gasteiger partial charge in [0.2, 0.25) is 21.8 Å². The molecule has 1 N–H and O–H groups in total. The number of sulfonamides is 1. The fourth-order valence-corrected chi connectivity index (χ4v) is 4.78. The number of rotatable bonds is 8. The quantitative estimate of drug-likeness (QED) is 0.500. The minimum absolute atomic E-state index is 0.123. The number of aromatic nitrogens is 3. The summed E-state index contributed by atoms with van der Waals surface area (Å²) in [7, 11) is -1.87. The Morgan fingerprint density at radius 1 is 1.09 bits per heavy atom. The summed E-state index contributed by atoms with van der Waals surface area (Å²) in [6, 6.07) is 10.7. The van der Waals surface area contributed by atoms with Crippen molar-refractivity contribution in [3.05, 3.63) is 54.2 Å². The van der Waals surface area contributed by atoms with Crippen molar-refractivity contribution in [2.75, 3.05) is 31.6 Å². The highest BCUT2D eigenvalue weighted by Gasteiger charge is 2.26. The lowest BCUT2D eigenvalue weighted by molar-refractivity contribution is 0.0730. The number of pyridine rings is 1. The summed E-state index contributed by atoms with van der Waals surface area (Å²) in [6.07, 6.45) is 1.54. The Balaban J connectivity index is 1.54. The van der Waals surface area contributed by atoms with Crippen LogP contribution in [0.1, 0.15) is 24.2 Å². The number of hydrogen-bond acceptors (Lipinski definition) is 8. The third kappa shape index (κ3) is 6.15. The summed E-state index contributed by atoms with van der Waals surface area (Å²) in [6.45, 7) is 5.06. The number of anilines is 1. The number of benzene rings is 1. The Labute approximate surface area is 203 Å². The van der Waals surface area contributed by atoms with Crippen LogP contribution in [0, 0.1) is 0 Å². The van der Waals surface area contributed by atoms with Gasteiger partial charge in [0, 0.05) is 44.5 Å². The van der Waals surface area contributed by atoms with Crippen LogP contribution in [0.15, 0.2) is 53.6 Å². The molecule has 1 saturated heterocycles. The van der Waals surface area contributed by atoms with Gasteiger partial charge in [-0.25, -0.2) is 8.42 Å². The first-order chi connectivity index (χ1) is 16.7. The zero-order valence-corrected chi connectivity index (χ0v) is 20.5. The van der Waals surface area contributed by atoms with Crippen molar-refractivity contribution in [2.24, 2.45) is 7.05 Å². The molecule has 0 aliphatic carbocycles.